The zero-order valence-electron chi connectivity index (χ0n) is 11.0. The number of hydrogen-bond donors (Lipinski definition) is 3. The summed E-state index contributed by atoms with van der Waals surface area (Å²) in [5.41, 5.74) is 1.61. The molecular weight excluding hydrogens is 274 g/mol. The van der Waals surface area contributed by atoms with Crippen LogP contribution in [0.5, 0.6) is 0 Å². The molecule has 1 aromatic carbocycles. The second kappa shape index (κ2) is 8.71. The standard InChI is InChI=1S/C14H17N3O2S/c1-3-9-15-11-7-5-6-8-12(11)16-13(20)17-14(18)19-10-4-2/h3-8,15H,1-2,9-10H2,(H2,16,17,18,20). The summed E-state index contributed by atoms with van der Waals surface area (Å²) in [7, 11) is 0. The number of rotatable bonds is 6. The van der Waals surface area contributed by atoms with E-state index < -0.39 is 6.09 Å². The number of benzene rings is 1. The molecule has 0 unspecified atom stereocenters. The minimum atomic E-state index is -0.626. The number of para-hydroxylation sites is 2. The van der Waals surface area contributed by atoms with Gasteiger partial charge in [-0.2, -0.15) is 0 Å². The lowest BCUT2D eigenvalue weighted by Gasteiger charge is -2.13. The summed E-state index contributed by atoms with van der Waals surface area (Å²) in [5, 5.41) is 8.65. The van der Waals surface area contributed by atoms with Gasteiger partial charge < -0.3 is 15.4 Å². The number of anilines is 2. The minimum absolute atomic E-state index is 0.131. The molecule has 0 aromatic heterocycles. The monoisotopic (exact) mass is 291 g/mol. The van der Waals surface area contributed by atoms with Gasteiger partial charge in [-0.3, -0.25) is 5.32 Å². The number of nitrogens with one attached hydrogen (secondary N) is 3. The predicted octanol–water partition coefficient (Wildman–Crippen LogP) is 2.89. The molecule has 0 bridgehead atoms. The molecule has 5 nitrogen and oxygen atoms in total. The van der Waals surface area contributed by atoms with Crippen molar-refractivity contribution in [2.75, 3.05) is 23.8 Å². The van der Waals surface area contributed by atoms with Crippen LogP contribution in [-0.2, 0) is 4.74 Å². The fourth-order valence-corrected chi connectivity index (χ4v) is 1.54. The van der Waals surface area contributed by atoms with Crippen molar-refractivity contribution in [3.8, 4) is 0 Å². The highest BCUT2D eigenvalue weighted by Gasteiger charge is 2.07. The highest BCUT2D eigenvalue weighted by atomic mass is 32.1. The highest BCUT2D eigenvalue weighted by molar-refractivity contribution is 7.80. The van der Waals surface area contributed by atoms with Gasteiger partial charge in [0.05, 0.1) is 11.4 Å². The number of thiocarbonyl (C=S) groups is 1. The van der Waals surface area contributed by atoms with E-state index in [4.69, 9.17) is 17.0 Å². The molecular formula is C14H17N3O2S. The second-order valence-electron chi connectivity index (χ2n) is 3.68. The summed E-state index contributed by atoms with van der Waals surface area (Å²) in [5.74, 6) is 0. The minimum Gasteiger partial charge on any atom is -0.445 e. The van der Waals surface area contributed by atoms with Gasteiger partial charge in [0.2, 0.25) is 0 Å². The summed E-state index contributed by atoms with van der Waals surface area (Å²) in [4.78, 5) is 11.3. The first kappa shape index (κ1) is 15.7. The van der Waals surface area contributed by atoms with Gasteiger partial charge in [0.15, 0.2) is 5.11 Å². The first-order chi connectivity index (χ1) is 9.67. The van der Waals surface area contributed by atoms with Crippen molar-refractivity contribution in [3.05, 3.63) is 49.6 Å². The van der Waals surface area contributed by atoms with E-state index in [1.165, 1.54) is 6.08 Å². The van der Waals surface area contributed by atoms with Gasteiger partial charge in [0.25, 0.3) is 0 Å². The Balaban J connectivity index is 2.58. The molecule has 0 fully saturated rings. The van der Waals surface area contributed by atoms with Gasteiger partial charge in [-0.1, -0.05) is 30.9 Å². The van der Waals surface area contributed by atoms with Crippen molar-refractivity contribution < 1.29 is 9.53 Å². The Hall–Kier alpha value is -2.34. The van der Waals surface area contributed by atoms with Crippen LogP contribution in [0.25, 0.3) is 0 Å². The summed E-state index contributed by atoms with van der Waals surface area (Å²) < 4.78 is 4.77. The molecule has 20 heavy (non-hydrogen) atoms. The Morgan fingerprint density at radius 2 is 1.95 bits per heavy atom. The predicted molar refractivity (Wildman–Crippen MR) is 86.0 cm³/mol. The maximum atomic E-state index is 11.3. The number of hydrogen-bond acceptors (Lipinski definition) is 4. The number of carbonyl (C=O) groups is 1. The van der Waals surface area contributed by atoms with Crippen molar-refractivity contribution in [2.24, 2.45) is 0 Å². The molecule has 0 saturated carbocycles. The van der Waals surface area contributed by atoms with E-state index in [-0.39, 0.29) is 11.7 Å². The molecule has 0 radical (unpaired) electrons. The van der Waals surface area contributed by atoms with E-state index >= 15 is 0 Å². The molecule has 0 atom stereocenters. The van der Waals surface area contributed by atoms with Crippen LogP contribution in [0, 0.1) is 0 Å². The summed E-state index contributed by atoms with van der Waals surface area (Å²) in [6, 6.07) is 7.49. The van der Waals surface area contributed by atoms with E-state index in [0.29, 0.717) is 6.54 Å². The third kappa shape index (κ3) is 5.53. The van der Waals surface area contributed by atoms with Gasteiger partial charge in [-0.15, -0.1) is 6.58 Å². The molecule has 0 aliphatic heterocycles. The number of ether oxygens (including phenoxy) is 1. The SMILES string of the molecule is C=CCNc1ccccc1NC(=S)NC(=O)OCC=C. The molecule has 0 spiro atoms. The number of carbonyl (C=O) groups excluding carboxylic acids is 1. The quantitative estimate of drug-likeness (QED) is 0.555. The maximum Gasteiger partial charge on any atom is 0.413 e. The van der Waals surface area contributed by atoms with Gasteiger partial charge in [-0.05, 0) is 24.4 Å². The Morgan fingerprint density at radius 3 is 2.60 bits per heavy atom. The average Bonchev–Trinajstić information content (AvgIpc) is 2.44. The van der Waals surface area contributed by atoms with Crippen LogP contribution in [-0.4, -0.2) is 24.4 Å². The Labute approximate surface area is 123 Å². The molecule has 0 aliphatic rings. The van der Waals surface area contributed by atoms with Crippen LogP contribution in [0.3, 0.4) is 0 Å². The van der Waals surface area contributed by atoms with Gasteiger partial charge in [0, 0.05) is 6.54 Å². The van der Waals surface area contributed by atoms with E-state index in [0.717, 1.165) is 11.4 Å². The van der Waals surface area contributed by atoms with Gasteiger partial charge >= 0.3 is 6.09 Å². The molecule has 0 aliphatic carbocycles. The highest BCUT2D eigenvalue weighted by Crippen LogP contribution is 2.20. The molecule has 1 amide bonds. The molecule has 106 valence electrons. The van der Waals surface area contributed by atoms with Crippen molar-refractivity contribution in [1.29, 1.82) is 0 Å². The van der Waals surface area contributed by atoms with E-state index in [9.17, 15) is 4.79 Å². The lowest BCUT2D eigenvalue weighted by molar-refractivity contribution is 0.164. The maximum absolute atomic E-state index is 11.3. The third-order valence-corrected chi connectivity index (χ3v) is 2.36. The third-order valence-electron chi connectivity index (χ3n) is 2.16. The summed E-state index contributed by atoms with van der Waals surface area (Å²) in [6.45, 7) is 7.85. The molecule has 3 N–H and O–H groups in total. The lowest BCUT2D eigenvalue weighted by atomic mass is 10.2. The number of alkyl carbamates (subject to hydrolysis) is 1. The molecule has 6 heteroatoms. The van der Waals surface area contributed by atoms with Crippen LogP contribution in [0.1, 0.15) is 0 Å². The fraction of sp³-hybridized carbons (Fsp3) is 0.143. The Kier molecular flexibility index (Phi) is 6.84. The van der Waals surface area contributed by atoms with E-state index in [2.05, 4.69) is 29.1 Å². The zero-order valence-corrected chi connectivity index (χ0v) is 11.8. The Morgan fingerprint density at radius 1 is 1.25 bits per heavy atom. The first-order valence-electron chi connectivity index (χ1n) is 5.96. The molecule has 0 heterocycles. The second-order valence-corrected chi connectivity index (χ2v) is 4.09. The summed E-state index contributed by atoms with van der Waals surface area (Å²) in [6.07, 6.45) is 2.60. The van der Waals surface area contributed by atoms with Crippen molar-refractivity contribution in [2.45, 2.75) is 0 Å². The largest absolute Gasteiger partial charge is 0.445 e. The Bertz CT molecular complexity index is 503. The number of amides is 1. The molecule has 1 rings (SSSR count). The van der Waals surface area contributed by atoms with Crippen molar-refractivity contribution >= 4 is 34.8 Å². The van der Waals surface area contributed by atoms with Crippen LogP contribution in [0.2, 0.25) is 0 Å². The van der Waals surface area contributed by atoms with Gasteiger partial charge in [-0.25, -0.2) is 4.79 Å². The van der Waals surface area contributed by atoms with Crippen LogP contribution >= 0.6 is 12.2 Å². The smallest absolute Gasteiger partial charge is 0.413 e. The fourth-order valence-electron chi connectivity index (χ4n) is 1.35. The van der Waals surface area contributed by atoms with Crippen molar-refractivity contribution in [1.82, 2.24) is 5.32 Å². The summed E-state index contributed by atoms with van der Waals surface area (Å²) >= 11 is 5.04. The van der Waals surface area contributed by atoms with E-state index in [1.807, 2.05) is 24.3 Å². The molecule has 0 saturated heterocycles. The first-order valence-corrected chi connectivity index (χ1v) is 6.37. The van der Waals surface area contributed by atoms with Crippen LogP contribution in [0.4, 0.5) is 16.2 Å². The van der Waals surface area contributed by atoms with E-state index in [1.54, 1.807) is 6.08 Å². The van der Waals surface area contributed by atoms with Crippen molar-refractivity contribution in [3.63, 3.8) is 0 Å². The lowest BCUT2D eigenvalue weighted by Crippen LogP contribution is -2.34. The van der Waals surface area contributed by atoms with Crippen LogP contribution in [0.15, 0.2) is 49.6 Å². The van der Waals surface area contributed by atoms with Crippen LogP contribution < -0.4 is 16.0 Å². The molecule has 1 aromatic rings. The zero-order chi connectivity index (χ0) is 14.8. The average molecular weight is 291 g/mol. The van der Waals surface area contributed by atoms with Gasteiger partial charge in [0.1, 0.15) is 6.61 Å². The normalized spacial score (nSPS) is 9.20. The topological polar surface area (TPSA) is 62.4 Å².